The van der Waals surface area contributed by atoms with Gasteiger partial charge in [0, 0.05) is 31.1 Å². The van der Waals surface area contributed by atoms with Crippen LogP contribution in [0.5, 0.6) is 0 Å². The molecule has 0 bridgehead atoms. The number of nitrogens with one attached hydrogen (secondary N) is 3. The highest BCUT2D eigenvalue weighted by molar-refractivity contribution is 5.92. The van der Waals surface area contributed by atoms with E-state index in [9.17, 15) is 24.0 Å². The maximum absolute atomic E-state index is 13.8. The molecule has 2 aliphatic heterocycles. The molecule has 4 amide bonds. The molecule has 2 fully saturated rings. The highest BCUT2D eigenvalue weighted by Crippen LogP contribution is 2.22. The largest absolute Gasteiger partial charge is 0.463 e. The van der Waals surface area contributed by atoms with Crippen LogP contribution in [0.2, 0.25) is 0 Å². The number of carbonyl (C=O) groups is 5. The highest BCUT2D eigenvalue weighted by atomic mass is 16.5. The van der Waals surface area contributed by atoms with Crippen LogP contribution in [0.3, 0.4) is 0 Å². The lowest BCUT2D eigenvalue weighted by molar-refractivity contribution is -0.142. The van der Waals surface area contributed by atoms with Crippen molar-refractivity contribution in [2.24, 2.45) is 11.8 Å². The Balaban J connectivity index is 1.73. The Bertz CT molecular complexity index is 1110. The van der Waals surface area contributed by atoms with Crippen LogP contribution in [-0.4, -0.2) is 72.5 Å². The second-order valence-corrected chi connectivity index (χ2v) is 11.2. The molecule has 4 atom stereocenters. The zero-order valence-corrected chi connectivity index (χ0v) is 24.8. The number of hydrogen-bond donors (Lipinski definition) is 3. The minimum atomic E-state index is -0.820. The van der Waals surface area contributed by atoms with Gasteiger partial charge in [0.25, 0.3) is 0 Å². The van der Waals surface area contributed by atoms with Gasteiger partial charge in [-0.15, -0.1) is 0 Å². The molecule has 42 heavy (non-hydrogen) atoms. The maximum Gasteiger partial charge on any atom is 0.408 e. The summed E-state index contributed by atoms with van der Waals surface area (Å²) in [5.74, 6) is -1.55. The summed E-state index contributed by atoms with van der Waals surface area (Å²) in [6, 6.07) is 7.03. The summed E-state index contributed by atoms with van der Waals surface area (Å²) < 4.78 is 10.3. The van der Waals surface area contributed by atoms with E-state index in [-0.39, 0.29) is 42.8 Å². The molecule has 0 saturated carbocycles. The van der Waals surface area contributed by atoms with Crippen LogP contribution >= 0.6 is 0 Å². The predicted molar refractivity (Wildman–Crippen MR) is 156 cm³/mol. The quantitative estimate of drug-likeness (QED) is 0.239. The van der Waals surface area contributed by atoms with E-state index < -0.39 is 30.2 Å². The summed E-state index contributed by atoms with van der Waals surface area (Å²) in [5.41, 5.74) is 0.830. The molecule has 1 aromatic carbocycles. The summed E-state index contributed by atoms with van der Waals surface area (Å²) in [7, 11) is 0. The van der Waals surface area contributed by atoms with Gasteiger partial charge in [-0.05, 0) is 56.9 Å². The van der Waals surface area contributed by atoms with Crippen LogP contribution in [0.1, 0.15) is 64.9 Å². The third-order valence-electron chi connectivity index (χ3n) is 7.38. The zero-order valence-electron chi connectivity index (χ0n) is 24.8. The summed E-state index contributed by atoms with van der Waals surface area (Å²) in [6.07, 6.45) is 5.28. The molecular formula is C31H44N4O7. The highest BCUT2D eigenvalue weighted by Gasteiger charge is 2.37. The van der Waals surface area contributed by atoms with Crippen molar-refractivity contribution < 1.29 is 33.4 Å². The number of rotatable bonds is 13. The van der Waals surface area contributed by atoms with Crippen molar-refractivity contribution in [2.45, 2.75) is 84.0 Å². The Labute approximate surface area is 247 Å². The normalized spacial score (nSPS) is 20.5. The third-order valence-corrected chi connectivity index (χ3v) is 7.38. The number of benzene rings is 1. The van der Waals surface area contributed by atoms with Gasteiger partial charge in [-0.1, -0.05) is 50.3 Å². The standard InChI is InChI=1S/C31H44N4O7/c1-4-41-27(36)14-13-24(19-23-15-16-32-28(23)37)33-29(38)26(18-21(2)3)35-17-9-8-12-25(30(35)39)34-31(40)42-20-22-10-6-5-7-11-22/h5-7,10-11,13-14,21,23-26H,4,8-9,12,15-20H2,1-3H3,(H,32,37)(H,33,38)(H,34,40)/b14-13+/t23-,24+,25?,26-/m0/s1. The SMILES string of the molecule is CCOC(=O)/C=C/[C@H](C[C@@H]1CCNC1=O)NC(=O)[C@H](CC(C)C)N1CCCCC(NC(=O)OCc2ccccc2)C1=O. The van der Waals surface area contributed by atoms with Crippen molar-refractivity contribution >= 4 is 29.8 Å². The fraction of sp³-hybridized carbons (Fsp3) is 0.581. The third kappa shape index (κ3) is 10.2. The van der Waals surface area contributed by atoms with Crippen LogP contribution < -0.4 is 16.0 Å². The van der Waals surface area contributed by atoms with Gasteiger partial charge < -0.3 is 30.3 Å². The Morgan fingerprint density at radius 2 is 1.86 bits per heavy atom. The first-order valence-electron chi connectivity index (χ1n) is 14.9. The number of carbonyl (C=O) groups excluding carboxylic acids is 5. The molecule has 2 heterocycles. The van der Waals surface area contributed by atoms with Crippen molar-refractivity contribution in [3.05, 3.63) is 48.0 Å². The van der Waals surface area contributed by atoms with Gasteiger partial charge in [-0.25, -0.2) is 9.59 Å². The van der Waals surface area contributed by atoms with Gasteiger partial charge >= 0.3 is 12.1 Å². The molecule has 2 aliphatic rings. The van der Waals surface area contributed by atoms with E-state index in [0.717, 1.165) is 5.56 Å². The van der Waals surface area contributed by atoms with Gasteiger partial charge in [0.05, 0.1) is 6.61 Å². The Morgan fingerprint density at radius 3 is 2.52 bits per heavy atom. The lowest BCUT2D eigenvalue weighted by Gasteiger charge is -2.34. The molecule has 11 nitrogen and oxygen atoms in total. The monoisotopic (exact) mass is 584 g/mol. The lowest BCUT2D eigenvalue weighted by atomic mass is 9.96. The van der Waals surface area contributed by atoms with Crippen LogP contribution in [0, 0.1) is 11.8 Å². The summed E-state index contributed by atoms with van der Waals surface area (Å²) in [6.45, 7) is 6.87. The van der Waals surface area contributed by atoms with Crippen LogP contribution in [0.4, 0.5) is 4.79 Å². The molecule has 0 spiro atoms. The van der Waals surface area contributed by atoms with Crippen molar-refractivity contribution in [2.75, 3.05) is 19.7 Å². The summed E-state index contributed by atoms with van der Waals surface area (Å²) in [5, 5.41) is 8.48. The maximum atomic E-state index is 13.8. The molecule has 3 N–H and O–H groups in total. The molecule has 0 radical (unpaired) electrons. The van der Waals surface area contributed by atoms with E-state index in [1.54, 1.807) is 17.9 Å². The number of amides is 4. The predicted octanol–water partition coefficient (Wildman–Crippen LogP) is 2.84. The van der Waals surface area contributed by atoms with Crippen LogP contribution in [0.15, 0.2) is 42.5 Å². The Morgan fingerprint density at radius 1 is 1.10 bits per heavy atom. The van der Waals surface area contributed by atoms with Gasteiger partial charge in [0.15, 0.2) is 0 Å². The molecule has 2 saturated heterocycles. The van der Waals surface area contributed by atoms with E-state index >= 15 is 0 Å². The van der Waals surface area contributed by atoms with E-state index in [0.29, 0.717) is 51.6 Å². The minimum Gasteiger partial charge on any atom is -0.463 e. The molecule has 1 unspecified atom stereocenters. The second-order valence-electron chi connectivity index (χ2n) is 11.2. The van der Waals surface area contributed by atoms with E-state index in [2.05, 4.69) is 16.0 Å². The molecule has 0 aromatic heterocycles. The molecular weight excluding hydrogens is 540 g/mol. The Kier molecular flexibility index (Phi) is 12.8. The second kappa shape index (κ2) is 16.5. The van der Waals surface area contributed by atoms with Gasteiger partial charge in [-0.3, -0.25) is 14.4 Å². The Hall–Kier alpha value is -3.89. The minimum absolute atomic E-state index is 0.0788. The number of hydrogen-bond acceptors (Lipinski definition) is 7. The van der Waals surface area contributed by atoms with Crippen LogP contribution in [0.25, 0.3) is 0 Å². The molecule has 3 rings (SSSR count). The average molecular weight is 585 g/mol. The first kappa shape index (κ1) is 32.6. The van der Waals surface area contributed by atoms with E-state index in [1.807, 2.05) is 44.2 Å². The van der Waals surface area contributed by atoms with E-state index in [1.165, 1.54) is 6.08 Å². The molecule has 230 valence electrons. The van der Waals surface area contributed by atoms with Crippen molar-refractivity contribution in [1.82, 2.24) is 20.9 Å². The summed E-state index contributed by atoms with van der Waals surface area (Å²) in [4.78, 5) is 65.9. The smallest absolute Gasteiger partial charge is 0.408 e. The topological polar surface area (TPSA) is 143 Å². The number of nitrogens with zero attached hydrogens (tertiary/aromatic N) is 1. The molecule has 11 heteroatoms. The number of ether oxygens (including phenoxy) is 2. The summed E-state index contributed by atoms with van der Waals surface area (Å²) >= 11 is 0. The number of likely N-dealkylation sites (tertiary alicyclic amines) is 1. The van der Waals surface area contributed by atoms with Crippen molar-refractivity contribution in [3.63, 3.8) is 0 Å². The van der Waals surface area contributed by atoms with Gasteiger partial charge in [0.2, 0.25) is 17.7 Å². The average Bonchev–Trinajstić information content (AvgIpc) is 3.28. The first-order chi connectivity index (χ1) is 20.2. The molecule has 0 aliphatic carbocycles. The number of esters is 1. The van der Waals surface area contributed by atoms with Crippen LogP contribution in [-0.2, 0) is 35.3 Å². The zero-order chi connectivity index (χ0) is 30.5. The van der Waals surface area contributed by atoms with Gasteiger partial charge in [-0.2, -0.15) is 0 Å². The molecule has 1 aromatic rings. The first-order valence-corrected chi connectivity index (χ1v) is 14.9. The van der Waals surface area contributed by atoms with Crippen molar-refractivity contribution in [3.8, 4) is 0 Å². The number of alkyl carbamates (subject to hydrolysis) is 1. The lowest BCUT2D eigenvalue weighted by Crippen LogP contribution is -2.56. The fourth-order valence-corrected chi connectivity index (χ4v) is 5.26. The van der Waals surface area contributed by atoms with E-state index in [4.69, 9.17) is 9.47 Å². The van der Waals surface area contributed by atoms with Gasteiger partial charge in [0.1, 0.15) is 18.7 Å². The van der Waals surface area contributed by atoms with Crippen molar-refractivity contribution in [1.29, 1.82) is 0 Å². The fourth-order valence-electron chi connectivity index (χ4n) is 5.26.